The Morgan fingerprint density at radius 1 is 0.938 bits per heavy atom. The Balaban J connectivity index is 2.19. The molecular weight excluding hydrogens is 207 g/mol. The molecule has 0 aliphatic heterocycles. The largest absolute Gasteiger partial charge is 0.423 e. The first-order valence-electron chi connectivity index (χ1n) is 4.79. The SMILES string of the molecule is O=C(Oc1ccccc1)c1ccccc1F. The van der Waals surface area contributed by atoms with Crippen molar-refractivity contribution in [2.24, 2.45) is 0 Å². The Morgan fingerprint density at radius 3 is 2.25 bits per heavy atom. The average molecular weight is 216 g/mol. The molecule has 0 unspecified atom stereocenters. The molecule has 0 saturated heterocycles. The average Bonchev–Trinajstić information content (AvgIpc) is 2.31. The molecular formula is C13H9FO2. The highest BCUT2D eigenvalue weighted by atomic mass is 19.1. The van der Waals surface area contributed by atoms with E-state index >= 15 is 0 Å². The maximum Gasteiger partial charge on any atom is 0.346 e. The summed E-state index contributed by atoms with van der Waals surface area (Å²) in [6.07, 6.45) is 0. The third-order valence-corrected chi connectivity index (χ3v) is 2.05. The zero-order chi connectivity index (χ0) is 11.4. The van der Waals surface area contributed by atoms with Crippen molar-refractivity contribution < 1.29 is 13.9 Å². The van der Waals surface area contributed by atoms with Gasteiger partial charge in [0.05, 0.1) is 5.56 Å². The predicted octanol–water partition coefficient (Wildman–Crippen LogP) is 3.04. The monoisotopic (exact) mass is 216 g/mol. The second-order valence-electron chi connectivity index (χ2n) is 3.18. The third-order valence-electron chi connectivity index (χ3n) is 2.05. The lowest BCUT2D eigenvalue weighted by molar-refractivity contribution is 0.0730. The quantitative estimate of drug-likeness (QED) is 0.569. The lowest BCUT2D eigenvalue weighted by Crippen LogP contribution is -2.10. The first kappa shape index (κ1) is 10.4. The van der Waals surface area contributed by atoms with Crippen LogP contribution in [0, 0.1) is 5.82 Å². The third kappa shape index (κ3) is 2.25. The lowest BCUT2D eigenvalue weighted by atomic mass is 10.2. The standard InChI is InChI=1S/C13H9FO2/c14-12-9-5-4-8-11(12)13(15)16-10-6-2-1-3-7-10/h1-9H. The summed E-state index contributed by atoms with van der Waals surface area (Å²) in [5, 5.41) is 0. The molecule has 0 spiro atoms. The van der Waals surface area contributed by atoms with Crippen molar-refractivity contribution in [1.82, 2.24) is 0 Å². The molecule has 0 atom stereocenters. The molecule has 0 aromatic heterocycles. The van der Waals surface area contributed by atoms with Gasteiger partial charge in [0.1, 0.15) is 11.6 Å². The van der Waals surface area contributed by atoms with Crippen molar-refractivity contribution >= 4 is 5.97 Å². The van der Waals surface area contributed by atoms with Gasteiger partial charge in [0, 0.05) is 0 Å². The van der Waals surface area contributed by atoms with Crippen molar-refractivity contribution in [3.05, 3.63) is 66.0 Å². The van der Waals surface area contributed by atoms with Crippen LogP contribution in [0.15, 0.2) is 54.6 Å². The van der Waals surface area contributed by atoms with Gasteiger partial charge in [-0.1, -0.05) is 30.3 Å². The number of hydrogen-bond acceptors (Lipinski definition) is 2. The molecule has 2 aromatic rings. The van der Waals surface area contributed by atoms with E-state index in [9.17, 15) is 9.18 Å². The van der Waals surface area contributed by atoms with Gasteiger partial charge in [-0.05, 0) is 24.3 Å². The Labute approximate surface area is 92.3 Å². The molecule has 16 heavy (non-hydrogen) atoms. The molecule has 3 heteroatoms. The first-order chi connectivity index (χ1) is 7.77. The van der Waals surface area contributed by atoms with E-state index in [1.165, 1.54) is 18.2 Å². The van der Waals surface area contributed by atoms with Crippen LogP contribution in [0.1, 0.15) is 10.4 Å². The Morgan fingerprint density at radius 2 is 1.56 bits per heavy atom. The van der Waals surface area contributed by atoms with Crippen LogP contribution < -0.4 is 4.74 Å². The van der Waals surface area contributed by atoms with Crippen molar-refractivity contribution in [3.63, 3.8) is 0 Å². The Hall–Kier alpha value is -2.16. The van der Waals surface area contributed by atoms with Crippen LogP contribution in [0.3, 0.4) is 0 Å². The van der Waals surface area contributed by atoms with Crippen molar-refractivity contribution in [2.45, 2.75) is 0 Å². The van der Waals surface area contributed by atoms with Crippen LogP contribution in [-0.4, -0.2) is 5.97 Å². The van der Waals surface area contributed by atoms with E-state index in [0.29, 0.717) is 5.75 Å². The van der Waals surface area contributed by atoms with Crippen LogP contribution in [0.4, 0.5) is 4.39 Å². The Bertz CT molecular complexity index is 494. The molecule has 0 bridgehead atoms. The van der Waals surface area contributed by atoms with E-state index in [4.69, 9.17) is 4.74 Å². The minimum Gasteiger partial charge on any atom is -0.423 e. The zero-order valence-electron chi connectivity index (χ0n) is 8.39. The predicted molar refractivity (Wildman–Crippen MR) is 57.8 cm³/mol. The fourth-order valence-electron chi connectivity index (χ4n) is 1.28. The van der Waals surface area contributed by atoms with E-state index in [2.05, 4.69) is 0 Å². The van der Waals surface area contributed by atoms with Gasteiger partial charge in [-0.2, -0.15) is 0 Å². The molecule has 0 saturated carbocycles. The second-order valence-corrected chi connectivity index (χ2v) is 3.18. The van der Waals surface area contributed by atoms with Gasteiger partial charge in [-0.3, -0.25) is 0 Å². The maximum atomic E-state index is 13.2. The highest BCUT2D eigenvalue weighted by Gasteiger charge is 2.12. The zero-order valence-corrected chi connectivity index (χ0v) is 8.39. The molecule has 2 aromatic carbocycles. The number of esters is 1. The molecule has 0 radical (unpaired) electrons. The summed E-state index contributed by atoms with van der Waals surface area (Å²) in [6.45, 7) is 0. The minimum atomic E-state index is -0.690. The van der Waals surface area contributed by atoms with E-state index in [1.54, 1.807) is 36.4 Å². The summed E-state index contributed by atoms with van der Waals surface area (Å²) in [6, 6.07) is 14.3. The molecule has 0 amide bonds. The van der Waals surface area contributed by atoms with Gasteiger partial charge < -0.3 is 4.74 Å². The summed E-state index contributed by atoms with van der Waals surface area (Å²) < 4.78 is 18.2. The van der Waals surface area contributed by atoms with Gasteiger partial charge in [-0.25, -0.2) is 9.18 Å². The minimum absolute atomic E-state index is 0.0636. The van der Waals surface area contributed by atoms with Crippen LogP contribution in [0.25, 0.3) is 0 Å². The fourth-order valence-corrected chi connectivity index (χ4v) is 1.28. The normalized spacial score (nSPS) is 9.81. The number of benzene rings is 2. The van der Waals surface area contributed by atoms with E-state index in [1.807, 2.05) is 0 Å². The molecule has 0 aliphatic carbocycles. The number of para-hydroxylation sites is 1. The number of ether oxygens (including phenoxy) is 1. The lowest BCUT2D eigenvalue weighted by Gasteiger charge is -2.04. The van der Waals surface area contributed by atoms with E-state index in [-0.39, 0.29) is 5.56 Å². The number of hydrogen-bond donors (Lipinski definition) is 0. The van der Waals surface area contributed by atoms with Crippen LogP contribution in [-0.2, 0) is 0 Å². The maximum absolute atomic E-state index is 13.2. The summed E-state index contributed by atoms with van der Waals surface area (Å²) in [5.41, 5.74) is -0.0636. The van der Waals surface area contributed by atoms with Gasteiger partial charge in [0.2, 0.25) is 0 Å². The van der Waals surface area contributed by atoms with E-state index in [0.717, 1.165) is 0 Å². The van der Waals surface area contributed by atoms with Crippen molar-refractivity contribution in [1.29, 1.82) is 0 Å². The Kier molecular flexibility index (Phi) is 2.96. The van der Waals surface area contributed by atoms with Gasteiger partial charge in [0.25, 0.3) is 0 Å². The molecule has 0 fully saturated rings. The van der Waals surface area contributed by atoms with Gasteiger partial charge in [0.15, 0.2) is 0 Å². The second kappa shape index (κ2) is 4.57. The summed E-state index contributed by atoms with van der Waals surface area (Å²) in [7, 11) is 0. The first-order valence-corrected chi connectivity index (χ1v) is 4.79. The molecule has 0 aliphatic rings. The number of halogens is 1. The number of rotatable bonds is 2. The van der Waals surface area contributed by atoms with Crippen molar-refractivity contribution in [2.75, 3.05) is 0 Å². The highest BCUT2D eigenvalue weighted by molar-refractivity contribution is 5.91. The van der Waals surface area contributed by atoms with Crippen LogP contribution in [0.2, 0.25) is 0 Å². The fraction of sp³-hybridized carbons (Fsp3) is 0. The molecule has 80 valence electrons. The topological polar surface area (TPSA) is 26.3 Å². The number of carbonyl (C=O) groups excluding carboxylic acids is 1. The smallest absolute Gasteiger partial charge is 0.346 e. The van der Waals surface area contributed by atoms with Crippen LogP contribution in [0.5, 0.6) is 5.75 Å². The summed E-state index contributed by atoms with van der Waals surface area (Å²) >= 11 is 0. The molecule has 0 N–H and O–H groups in total. The number of carbonyl (C=O) groups is 1. The van der Waals surface area contributed by atoms with Gasteiger partial charge >= 0.3 is 5.97 Å². The van der Waals surface area contributed by atoms with Crippen molar-refractivity contribution in [3.8, 4) is 5.75 Å². The highest BCUT2D eigenvalue weighted by Crippen LogP contribution is 2.13. The van der Waals surface area contributed by atoms with Crippen LogP contribution >= 0.6 is 0 Å². The summed E-state index contributed by atoms with van der Waals surface area (Å²) in [5.74, 6) is -0.872. The molecule has 0 heterocycles. The summed E-state index contributed by atoms with van der Waals surface area (Å²) in [4.78, 5) is 11.6. The van der Waals surface area contributed by atoms with Gasteiger partial charge in [-0.15, -0.1) is 0 Å². The molecule has 2 rings (SSSR count). The molecule has 2 nitrogen and oxygen atoms in total. The van der Waals surface area contributed by atoms with E-state index < -0.39 is 11.8 Å².